The van der Waals surface area contributed by atoms with E-state index in [9.17, 15) is 21.0 Å². The molecule has 0 aromatic rings. The van der Waals surface area contributed by atoms with Crippen LogP contribution in [0.3, 0.4) is 0 Å². The van der Waals surface area contributed by atoms with Gasteiger partial charge in [0.15, 0.2) is 21.4 Å². The van der Waals surface area contributed by atoms with Crippen LogP contribution in [-0.4, -0.2) is 125 Å². The number of thiocarbonyl (C=S) groups is 2. The molecule has 0 unspecified atom stereocenters. The van der Waals surface area contributed by atoms with Gasteiger partial charge in [-0.3, -0.25) is 0 Å². The summed E-state index contributed by atoms with van der Waals surface area (Å²) < 4.78 is 63.7. The van der Waals surface area contributed by atoms with Gasteiger partial charge in [-0.1, -0.05) is 0 Å². The van der Waals surface area contributed by atoms with Crippen molar-refractivity contribution in [2.24, 2.45) is 0 Å². The second kappa shape index (κ2) is 26.8. The summed E-state index contributed by atoms with van der Waals surface area (Å²) >= 11 is 8.39. The zero-order valence-electron chi connectivity index (χ0n) is 22.0. The van der Waals surface area contributed by atoms with E-state index in [1.807, 2.05) is 26.0 Å². The molecule has 34 heavy (non-hydrogen) atoms. The summed E-state index contributed by atoms with van der Waals surface area (Å²) in [6.45, 7) is 0. The lowest BCUT2D eigenvalue weighted by molar-refractivity contribution is 0.512. The van der Waals surface area contributed by atoms with Gasteiger partial charge in [0.05, 0.1) is 0 Å². The van der Waals surface area contributed by atoms with Crippen molar-refractivity contribution in [3.63, 3.8) is 0 Å². The number of hydrogen-bond donors (Lipinski definition) is 8. The smallest absolute Gasteiger partial charge is 0.278 e. The predicted molar refractivity (Wildman–Crippen MR) is 151 cm³/mol. The van der Waals surface area contributed by atoms with Crippen molar-refractivity contribution >= 4 is 66.3 Å². The van der Waals surface area contributed by atoms with Crippen LogP contribution in [0.1, 0.15) is 0 Å². The minimum Gasteiger partial charge on any atom is -0.366 e. The number of nitrogens with zero attached hydrogens (tertiary/aromatic N) is 2. The highest BCUT2D eigenvalue weighted by Gasteiger charge is 2.07. The van der Waals surface area contributed by atoms with Crippen LogP contribution >= 0.6 is 24.4 Å². The van der Waals surface area contributed by atoms with E-state index in [1.54, 1.807) is 28.2 Å². The van der Waals surface area contributed by atoms with E-state index in [0.717, 1.165) is 9.42 Å². The molecule has 0 aliphatic heterocycles. The van der Waals surface area contributed by atoms with Crippen molar-refractivity contribution in [2.75, 3.05) is 84.6 Å². The minimum atomic E-state index is -3.16. The van der Waals surface area contributed by atoms with Gasteiger partial charge in [-0.05, 0) is 38.5 Å². The highest BCUT2D eigenvalue weighted by Crippen LogP contribution is 1.83. The topological polar surface area (TPSA) is 188 Å². The van der Waals surface area contributed by atoms with Gasteiger partial charge < -0.3 is 20.9 Å². The SMILES string of the molecule is CNC(=S)N(C)C.CNC(=S)NC.CNS(=O)(=O)N(C)C.CNS(=O)(=O)NC.CNS(=O)NC. The second-order valence-corrected chi connectivity index (χ2v) is 11.4. The Kier molecular flexibility index (Phi) is 34.1. The summed E-state index contributed by atoms with van der Waals surface area (Å²) in [4.78, 5) is 1.84. The minimum absolute atomic E-state index is 0.676. The molecule has 8 N–H and O–H groups in total. The van der Waals surface area contributed by atoms with Crippen molar-refractivity contribution in [2.45, 2.75) is 0 Å². The molecule has 0 aliphatic carbocycles. The molecule has 0 spiro atoms. The number of hydrogen-bond acceptors (Lipinski definition) is 7. The lowest BCUT2D eigenvalue weighted by atomic mass is 10.9. The largest absolute Gasteiger partial charge is 0.366 e. The molecule has 0 fully saturated rings. The zero-order chi connectivity index (χ0) is 28.5. The molecule has 0 aromatic heterocycles. The Labute approximate surface area is 220 Å². The maximum Gasteiger partial charge on any atom is 0.278 e. The summed E-state index contributed by atoms with van der Waals surface area (Å²) in [6, 6.07) is 0. The highest BCUT2D eigenvalue weighted by molar-refractivity contribution is 7.87. The van der Waals surface area contributed by atoms with Crippen LogP contribution in [0.5, 0.6) is 0 Å². The summed E-state index contributed by atoms with van der Waals surface area (Å²) in [7, 11) is 13.1. The van der Waals surface area contributed by atoms with Crippen molar-refractivity contribution in [3.8, 4) is 0 Å². The third-order valence-electron chi connectivity index (χ3n) is 2.72. The molecule has 0 rings (SSSR count). The second-order valence-electron chi connectivity index (χ2n) is 5.36. The summed E-state index contributed by atoms with van der Waals surface area (Å²) in [5.74, 6) is 0. The Bertz CT molecular complexity index is 696. The van der Waals surface area contributed by atoms with E-state index in [2.05, 4.69) is 51.8 Å². The van der Waals surface area contributed by atoms with Crippen LogP contribution in [0.4, 0.5) is 0 Å². The van der Waals surface area contributed by atoms with Crippen molar-refractivity contribution < 1.29 is 21.0 Å². The molecule has 0 atom stereocenters. The molecule has 15 nitrogen and oxygen atoms in total. The Morgan fingerprint density at radius 1 is 0.676 bits per heavy atom. The van der Waals surface area contributed by atoms with Crippen LogP contribution in [-0.2, 0) is 31.6 Å². The monoisotopic (exact) mass is 592 g/mol. The Balaban J connectivity index is -0.000000104. The molecule has 20 heteroatoms. The van der Waals surface area contributed by atoms with Gasteiger partial charge in [0.25, 0.3) is 20.4 Å². The van der Waals surface area contributed by atoms with E-state index < -0.39 is 31.6 Å². The summed E-state index contributed by atoms with van der Waals surface area (Å²) in [5, 5.41) is 9.73. The lowest BCUT2D eigenvalue weighted by Crippen LogP contribution is -2.32. The molecule has 0 saturated carbocycles. The molecule has 0 bridgehead atoms. The molecule has 210 valence electrons. The fraction of sp³-hybridized carbons (Fsp3) is 0.857. The summed E-state index contributed by atoms with van der Waals surface area (Å²) in [5.41, 5.74) is 0. The van der Waals surface area contributed by atoms with Gasteiger partial charge in [-0.15, -0.1) is 0 Å². The van der Waals surface area contributed by atoms with Gasteiger partial charge in [-0.25, -0.2) is 27.8 Å². The number of rotatable bonds is 6. The fourth-order valence-corrected chi connectivity index (χ4v) is 1.51. The van der Waals surface area contributed by atoms with Crippen LogP contribution < -0.4 is 39.6 Å². The molecular weight excluding hydrogens is 549 g/mol. The van der Waals surface area contributed by atoms with Gasteiger partial charge in [0.2, 0.25) is 0 Å². The lowest BCUT2D eigenvalue weighted by Gasteiger charge is -2.11. The molecule has 0 heterocycles. The van der Waals surface area contributed by atoms with Crippen LogP contribution in [0, 0.1) is 0 Å². The first-order valence-corrected chi connectivity index (χ1v) is 14.1. The van der Waals surface area contributed by atoms with E-state index in [1.165, 1.54) is 35.2 Å². The Morgan fingerprint density at radius 2 is 1.03 bits per heavy atom. The quantitative estimate of drug-likeness (QED) is 0.143. The molecule has 0 aliphatic rings. The molecule has 0 aromatic carbocycles. The standard InChI is InChI=1S/C4H10N2S.C3H10N2O2S.C3H8N2S.C2H8N2O2S.C2H8N2OS/c1-5-4(7)6(2)3;1-4-8(6,7)5(2)3;1-4-3(6)5-2;1-3-7(5,6)4-2;1-3-6(5)4-2/h1-3H3,(H,5,7);4H,1-3H3;1-2H3,(H2,4,5,6);3-4H,1-2H3;3-4H,1-2H3. The van der Waals surface area contributed by atoms with Gasteiger partial charge in [-0.2, -0.15) is 21.1 Å². The average molecular weight is 593 g/mol. The third-order valence-corrected chi connectivity index (χ3v) is 6.99. The van der Waals surface area contributed by atoms with Crippen LogP contribution in [0.25, 0.3) is 0 Å². The first-order chi connectivity index (χ1) is 15.4. The Morgan fingerprint density at radius 3 is 1.03 bits per heavy atom. The van der Waals surface area contributed by atoms with Crippen molar-refractivity contribution in [3.05, 3.63) is 0 Å². The van der Waals surface area contributed by atoms with E-state index in [0.29, 0.717) is 5.11 Å². The maximum absolute atomic E-state index is 10.5. The van der Waals surface area contributed by atoms with Crippen LogP contribution in [0.2, 0.25) is 0 Å². The first kappa shape index (κ1) is 43.3. The predicted octanol–water partition coefficient (Wildman–Crippen LogP) is -3.55. The van der Waals surface area contributed by atoms with Gasteiger partial charge in [0.1, 0.15) is 0 Å². The van der Waals surface area contributed by atoms with Crippen molar-refractivity contribution in [1.82, 2.24) is 48.8 Å². The zero-order valence-corrected chi connectivity index (χ0v) is 26.1. The van der Waals surface area contributed by atoms with Gasteiger partial charge >= 0.3 is 0 Å². The molecule has 0 saturated heterocycles. The van der Waals surface area contributed by atoms with Gasteiger partial charge in [0, 0.05) is 70.5 Å². The summed E-state index contributed by atoms with van der Waals surface area (Å²) in [6.07, 6.45) is 0. The fourth-order valence-electron chi connectivity index (χ4n) is 0.735. The Hall–Kier alpha value is -0.810. The average Bonchev–Trinajstić information content (AvgIpc) is 2.83. The highest BCUT2D eigenvalue weighted by atomic mass is 32.2. The van der Waals surface area contributed by atoms with E-state index >= 15 is 0 Å². The number of nitrogens with one attached hydrogen (secondary N) is 8. The molecule has 0 amide bonds. The van der Waals surface area contributed by atoms with Crippen molar-refractivity contribution in [1.29, 1.82) is 0 Å². The maximum atomic E-state index is 10.5. The molecule has 0 radical (unpaired) electrons. The van der Waals surface area contributed by atoms with Crippen LogP contribution in [0.15, 0.2) is 0 Å². The third kappa shape index (κ3) is 35.8. The van der Waals surface area contributed by atoms with E-state index in [4.69, 9.17) is 12.2 Å². The normalized spacial score (nSPS) is 9.94. The van der Waals surface area contributed by atoms with E-state index in [-0.39, 0.29) is 0 Å². The molecular formula is C14H44N10O5S5. The first-order valence-electron chi connectivity index (χ1n) is 9.21.